The number of hydrogen-bond donors (Lipinski definition) is 0. The van der Waals surface area contributed by atoms with E-state index in [1.807, 2.05) is 42.5 Å². The first-order valence-corrected chi connectivity index (χ1v) is 9.07. The standard InChI is InChI=1S/C23H18FNO4/c1-27-23(26)21-14-22(19-13-17(24)7-9-20(19)25-21)29-11-10-28-18-8-6-15-4-2-3-5-16(15)12-18/h2-9,12-14H,10-11H2,1H3. The number of nitrogens with zero attached hydrogens (tertiary/aromatic N) is 1. The van der Waals surface area contributed by atoms with E-state index in [1.165, 1.54) is 31.4 Å². The molecule has 0 N–H and O–H groups in total. The molecule has 0 aliphatic heterocycles. The van der Waals surface area contributed by atoms with E-state index >= 15 is 0 Å². The number of esters is 1. The fraction of sp³-hybridized carbons (Fsp3) is 0.130. The molecule has 0 aliphatic carbocycles. The van der Waals surface area contributed by atoms with Crippen molar-refractivity contribution in [3.63, 3.8) is 0 Å². The van der Waals surface area contributed by atoms with Gasteiger partial charge in [0.05, 0.1) is 12.6 Å². The lowest BCUT2D eigenvalue weighted by Gasteiger charge is -2.12. The van der Waals surface area contributed by atoms with Gasteiger partial charge in [-0.05, 0) is 41.1 Å². The highest BCUT2D eigenvalue weighted by atomic mass is 19.1. The summed E-state index contributed by atoms with van der Waals surface area (Å²) >= 11 is 0. The van der Waals surface area contributed by atoms with Gasteiger partial charge >= 0.3 is 5.97 Å². The van der Waals surface area contributed by atoms with Crippen molar-refractivity contribution in [2.24, 2.45) is 0 Å². The number of hydrogen-bond acceptors (Lipinski definition) is 5. The van der Waals surface area contributed by atoms with Gasteiger partial charge in [-0.1, -0.05) is 30.3 Å². The van der Waals surface area contributed by atoms with Crippen molar-refractivity contribution in [3.8, 4) is 11.5 Å². The summed E-state index contributed by atoms with van der Waals surface area (Å²) in [4.78, 5) is 16.1. The maximum Gasteiger partial charge on any atom is 0.356 e. The van der Waals surface area contributed by atoms with Gasteiger partial charge in [-0.15, -0.1) is 0 Å². The highest BCUT2D eigenvalue weighted by molar-refractivity contribution is 5.94. The van der Waals surface area contributed by atoms with Crippen molar-refractivity contribution in [3.05, 3.63) is 78.2 Å². The van der Waals surface area contributed by atoms with Gasteiger partial charge in [0.1, 0.15) is 30.5 Å². The smallest absolute Gasteiger partial charge is 0.356 e. The molecule has 5 nitrogen and oxygen atoms in total. The summed E-state index contributed by atoms with van der Waals surface area (Å²) in [5.41, 5.74) is 0.539. The number of halogens is 1. The monoisotopic (exact) mass is 391 g/mol. The van der Waals surface area contributed by atoms with E-state index < -0.39 is 11.8 Å². The second-order valence-electron chi connectivity index (χ2n) is 6.36. The highest BCUT2D eigenvalue weighted by Gasteiger charge is 2.14. The number of aromatic nitrogens is 1. The third-order valence-electron chi connectivity index (χ3n) is 4.46. The van der Waals surface area contributed by atoms with Crippen LogP contribution >= 0.6 is 0 Å². The minimum Gasteiger partial charge on any atom is -0.490 e. The molecule has 4 aromatic rings. The van der Waals surface area contributed by atoms with Crippen LogP contribution < -0.4 is 9.47 Å². The lowest BCUT2D eigenvalue weighted by Crippen LogP contribution is -2.11. The Bertz CT molecular complexity index is 1190. The van der Waals surface area contributed by atoms with E-state index in [1.54, 1.807) is 0 Å². The summed E-state index contributed by atoms with van der Waals surface area (Å²) in [6, 6.07) is 19.4. The van der Waals surface area contributed by atoms with Gasteiger partial charge in [0.15, 0.2) is 5.69 Å². The predicted octanol–water partition coefficient (Wildman–Crippen LogP) is 4.77. The molecule has 0 radical (unpaired) electrons. The molecule has 0 saturated heterocycles. The Hall–Kier alpha value is -3.67. The Balaban J connectivity index is 1.49. The topological polar surface area (TPSA) is 57.7 Å². The molecular weight excluding hydrogens is 373 g/mol. The zero-order chi connectivity index (χ0) is 20.2. The number of benzene rings is 3. The summed E-state index contributed by atoms with van der Waals surface area (Å²) in [5.74, 6) is 0.0704. The fourth-order valence-corrected chi connectivity index (χ4v) is 3.06. The van der Waals surface area contributed by atoms with E-state index in [0.717, 1.165) is 16.5 Å². The second-order valence-corrected chi connectivity index (χ2v) is 6.36. The van der Waals surface area contributed by atoms with Crippen molar-refractivity contribution in [1.82, 2.24) is 4.98 Å². The van der Waals surface area contributed by atoms with E-state index in [2.05, 4.69) is 4.98 Å². The van der Waals surface area contributed by atoms with Crippen LogP contribution in [0.15, 0.2) is 66.7 Å². The summed E-state index contributed by atoms with van der Waals surface area (Å²) < 4.78 is 29.9. The lowest BCUT2D eigenvalue weighted by molar-refractivity contribution is 0.0594. The number of methoxy groups -OCH3 is 1. The molecule has 0 bridgehead atoms. The fourth-order valence-electron chi connectivity index (χ4n) is 3.06. The highest BCUT2D eigenvalue weighted by Crippen LogP contribution is 2.27. The quantitative estimate of drug-likeness (QED) is 0.350. The molecule has 6 heteroatoms. The molecule has 3 aromatic carbocycles. The molecule has 0 amide bonds. The number of pyridine rings is 1. The van der Waals surface area contributed by atoms with Crippen LogP contribution in [0.4, 0.5) is 4.39 Å². The van der Waals surface area contributed by atoms with Crippen LogP contribution in [0, 0.1) is 5.82 Å². The van der Waals surface area contributed by atoms with Crippen LogP contribution in [-0.2, 0) is 4.74 Å². The van der Waals surface area contributed by atoms with Crippen LogP contribution in [0.25, 0.3) is 21.7 Å². The first-order chi connectivity index (χ1) is 14.1. The van der Waals surface area contributed by atoms with E-state index in [0.29, 0.717) is 16.7 Å². The number of ether oxygens (including phenoxy) is 3. The van der Waals surface area contributed by atoms with Gasteiger partial charge in [0.2, 0.25) is 0 Å². The van der Waals surface area contributed by atoms with Crippen molar-refractivity contribution >= 4 is 27.6 Å². The van der Waals surface area contributed by atoms with Crippen molar-refractivity contribution in [2.45, 2.75) is 0 Å². The largest absolute Gasteiger partial charge is 0.490 e. The Morgan fingerprint density at radius 2 is 1.72 bits per heavy atom. The Labute approximate surface area is 166 Å². The summed E-state index contributed by atoms with van der Waals surface area (Å²) in [5, 5.41) is 2.70. The average molecular weight is 391 g/mol. The minimum absolute atomic E-state index is 0.0945. The molecule has 1 aromatic heterocycles. The summed E-state index contributed by atoms with van der Waals surface area (Å²) in [7, 11) is 1.27. The molecule has 1 heterocycles. The SMILES string of the molecule is COC(=O)c1cc(OCCOc2ccc3ccccc3c2)c2cc(F)ccc2n1. The van der Waals surface area contributed by atoms with Crippen molar-refractivity contribution < 1.29 is 23.4 Å². The average Bonchev–Trinajstić information content (AvgIpc) is 2.76. The Morgan fingerprint density at radius 1 is 0.931 bits per heavy atom. The molecular formula is C23H18FNO4. The van der Waals surface area contributed by atoms with Gasteiger partial charge in [-0.3, -0.25) is 0 Å². The second kappa shape index (κ2) is 8.14. The van der Waals surface area contributed by atoms with E-state index in [9.17, 15) is 9.18 Å². The molecule has 0 fully saturated rings. The molecule has 0 spiro atoms. The number of carbonyl (C=O) groups excluding carboxylic acids is 1. The van der Waals surface area contributed by atoms with Crippen LogP contribution in [0.3, 0.4) is 0 Å². The number of rotatable bonds is 6. The van der Waals surface area contributed by atoms with Crippen LogP contribution in [0.1, 0.15) is 10.5 Å². The van der Waals surface area contributed by atoms with E-state index in [4.69, 9.17) is 14.2 Å². The molecule has 146 valence electrons. The van der Waals surface area contributed by atoms with Gasteiger partial charge < -0.3 is 14.2 Å². The predicted molar refractivity (Wildman–Crippen MR) is 108 cm³/mol. The summed E-state index contributed by atoms with van der Waals surface area (Å²) in [6.45, 7) is 0.494. The summed E-state index contributed by atoms with van der Waals surface area (Å²) in [6.07, 6.45) is 0. The van der Waals surface area contributed by atoms with Gasteiger partial charge in [0.25, 0.3) is 0 Å². The van der Waals surface area contributed by atoms with E-state index in [-0.39, 0.29) is 18.9 Å². The molecule has 29 heavy (non-hydrogen) atoms. The maximum atomic E-state index is 13.7. The molecule has 0 saturated carbocycles. The van der Waals surface area contributed by atoms with Crippen molar-refractivity contribution in [1.29, 1.82) is 0 Å². The Kier molecular flexibility index (Phi) is 5.24. The molecule has 0 unspecified atom stereocenters. The molecule has 4 rings (SSSR count). The first-order valence-electron chi connectivity index (χ1n) is 9.07. The zero-order valence-electron chi connectivity index (χ0n) is 15.7. The maximum absolute atomic E-state index is 13.7. The van der Waals surface area contributed by atoms with Crippen LogP contribution in [0.2, 0.25) is 0 Å². The van der Waals surface area contributed by atoms with Gasteiger partial charge in [-0.2, -0.15) is 0 Å². The Morgan fingerprint density at radius 3 is 2.55 bits per heavy atom. The van der Waals surface area contributed by atoms with Crippen molar-refractivity contribution in [2.75, 3.05) is 20.3 Å². The minimum atomic E-state index is -0.589. The number of fused-ring (bicyclic) bond motifs is 2. The zero-order valence-corrected chi connectivity index (χ0v) is 15.7. The molecule has 0 aliphatic rings. The van der Waals surface area contributed by atoms with Crippen LogP contribution in [-0.4, -0.2) is 31.3 Å². The third kappa shape index (κ3) is 4.11. The number of carbonyl (C=O) groups is 1. The van der Waals surface area contributed by atoms with Crippen LogP contribution in [0.5, 0.6) is 11.5 Å². The third-order valence-corrected chi connectivity index (χ3v) is 4.46. The normalized spacial score (nSPS) is 10.8. The van der Waals surface area contributed by atoms with Gasteiger partial charge in [0, 0.05) is 11.5 Å². The van der Waals surface area contributed by atoms with Gasteiger partial charge in [-0.25, -0.2) is 14.2 Å². The lowest BCUT2D eigenvalue weighted by atomic mass is 10.1. The first kappa shape index (κ1) is 18.7. The molecule has 0 atom stereocenters.